The Hall–Kier alpha value is -1.72. The second-order valence-corrected chi connectivity index (χ2v) is 6.85. The average molecular weight is 330 g/mol. The van der Waals surface area contributed by atoms with E-state index in [0.717, 1.165) is 22.7 Å². The van der Waals surface area contributed by atoms with E-state index in [2.05, 4.69) is 24.0 Å². The number of nitrogens with zero attached hydrogens (tertiary/aromatic N) is 2. The van der Waals surface area contributed by atoms with Gasteiger partial charge in [0.2, 0.25) is 5.91 Å². The van der Waals surface area contributed by atoms with Gasteiger partial charge in [-0.25, -0.2) is 4.98 Å². The van der Waals surface area contributed by atoms with Gasteiger partial charge in [0, 0.05) is 11.9 Å². The van der Waals surface area contributed by atoms with E-state index < -0.39 is 0 Å². The number of rotatable bonds is 4. The van der Waals surface area contributed by atoms with Gasteiger partial charge in [0.05, 0.1) is 29.8 Å². The Morgan fingerprint density at radius 2 is 2.13 bits per heavy atom. The first-order chi connectivity index (χ1) is 11.2. The van der Waals surface area contributed by atoms with Crippen LogP contribution in [0.1, 0.15) is 36.2 Å². The highest BCUT2D eigenvalue weighted by Gasteiger charge is 2.29. The molecule has 2 heterocycles. The number of thiazole rings is 1. The molecule has 2 aromatic rings. The van der Waals surface area contributed by atoms with Crippen LogP contribution in [0, 0.1) is 0 Å². The van der Waals surface area contributed by atoms with Crippen molar-refractivity contribution in [1.82, 2.24) is 9.88 Å². The monoisotopic (exact) mass is 330 g/mol. The minimum Gasteiger partial charge on any atom is -0.367 e. The van der Waals surface area contributed by atoms with Gasteiger partial charge in [-0.3, -0.25) is 4.79 Å². The predicted octanol–water partition coefficient (Wildman–Crippen LogP) is 3.24. The maximum atomic E-state index is 12.6. The van der Waals surface area contributed by atoms with Crippen molar-refractivity contribution in [1.29, 1.82) is 0 Å². The van der Waals surface area contributed by atoms with Gasteiger partial charge in [-0.1, -0.05) is 37.3 Å². The quantitative estimate of drug-likeness (QED) is 0.864. The molecule has 0 bridgehead atoms. The molecule has 1 aromatic carbocycles. The fourth-order valence-corrected chi connectivity index (χ4v) is 3.61. The summed E-state index contributed by atoms with van der Waals surface area (Å²) in [6.07, 6.45) is 1.29. The van der Waals surface area contributed by atoms with Gasteiger partial charge in [0.25, 0.3) is 0 Å². The van der Waals surface area contributed by atoms with Crippen LogP contribution < -0.4 is 0 Å². The molecule has 1 aliphatic heterocycles. The van der Waals surface area contributed by atoms with E-state index in [-0.39, 0.29) is 18.1 Å². The van der Waals surface area contributed by atoms with Gasteiger partial charge >= 0.3 is 0 Å². The van der Waals surface area contributed by atoms with Gasteiger partial charge < -0.3 is 9.64 Å². The van der Waals surface area contributed by atoms with E-state index in [4.69, 9.17) is 4.74 Å². The molecule has 1 aromatic heterocycles. The zero-order valence-corrected chi connectivity index (χ0v) is 14.4. The van der Waals surface area contributed by atoms with Crippen molar-refractivity contribution in [3.05, 3.63) is 52.0 Å². The molecule has 0 aliphatic carbocycles. The molecule has 0 spiro atoms. The Bertz CT molecular complexity index is 656. The van der Waals surface area contributed by atoms with Gasteiger partial charge in [0.15, 0.2) is 0 Å². The van der Waals surface area contributed by atoms with Gasteiger partial charge in [0.1, 0.15) is 6.10 Å². The number of hydrogen-bond donors (Lipinski definition) is 0. The van der Waals surface area contributed by atoms with Crippen molar-refractivity contribution in [2.45, 2.75) is 38.9 Å². The van der Waals surface area contributed by atoms with Crippen molar-refractivity contribution in [3.63, 3.8) is 0 Å². The smallest absolute Gasteiger partial charge is 0.228 e. The first-order valence-electron chi connectivity index (χ1n) is 8.07. The second-order valence-electron chi connectivity index (χ2n) is 5.91. The Morgan fingerprint density at radius 1 is 1.35 bits per heavy atom. The third-order valence-corrected chi connectivity index (χ3v) is 5.06. The summed E-state index contributed by atoms with van der Waals surface area (Å²) < 4.78 is 6.02. The van der Waals surface area contributed by atoms with E-state index in [1.54, 1.807) is 11.3 Å². The summed E-state index contributed by atoms with van der Waals surface area (Å²) in [5.41, 5.74) is 2.01. The number of amides is 1. The van der Waals surface area contributed by atoms with E-state index in [0.29, 0.717) is 19.5 Å². The number of aryl methyl sites for hydroxylation is 1. The standard InChI is InChI=1S/C18H22N2O2S/c1-3-17-19-15(12-23-17)9-18(21)20-10-13(2)22-16(11-20)14-7-5-4-6-8-14/h4-8,12-13,16H,3,9-11H2,1-2H3/t13-,16-/m0/s1. The Labute approximate surface area is 141 Å². The molecule has 0 unspecified atom stereocenters. The molecule has 0 radical (unpaired) electrons. The van der Waals surface area contributed by atoms with Crippen molar-refractivity contribution in [2.24, 2.45) is 0 Å². The van der Waals surface area contributed by atoms with E-state index in [1.165, 1.54) is 0 Å². The minimum absolute atomic E-state index is 0.0412. The van der Waals surface area contributed by atoms with Crippen LogP contribution in [0.2, 0.25) is 0 Å². The first-order valence-corrected chi connectivity index (χ1v) is 8.95. The van der Waals surface area contributed by atoms with Crippen molar-refractivity contribution in [3.8, 4) is 0 Å². The molecule has 0 N–H and O–H groups in total. The third-order valence-electron chi connectivity index (χ3n) is 4.02. The molecule has 122 valence electrons. The molecule has 2 atom stereocenters. The fourth-order valence-electron chi connectivity index (χ4n) is 2.87. The lowest BCUT2D eigenvalue weighted by Crippen LogP contribution is -2.46. The molecule has 1 aliphatic rings. The van der Waals surface area contributed by atoms with E-state index in [9.17, 15) is 4.79 Å². The number of hydrogen-bond acceptors (Lipinski definition) is 4. The van der Waals surface area contributed by atoms with Crippen LogP contribution >= 0.6 is 11.3 Å². The van der Waals surface area contributed by atoms with Crippen LogP contribution in [0.5, 0.6) is 0 Å². The maximum absolute atomic E-state index is 12.6. The average Bonchev–Trinajstić information content (AvgIpc) is 3.02. The summed E-state index contributed by atoms with van der Waals surface area (Å²) in [6, 6.07) is 10.1. The van der Waals surface area contributed by atoms with E-state index >= 15 is 0 Å². The molecule has 1 amide bonds. The second kappa shape index (κ2) is 7.23. The lowest BCUT2D eigenvalue weighted by atomic mass is 10.1. The number of carbonyl (C=O) groups excluding carboxylic acids is 1. The zero-order chi connectivity index (χ0) is 16.2. The molecular weight excluding hydrogens is 308 g/mol. The molecule has 0 saturated carbocycles. The largest absolute Gasteiger partial charge is 0.367 e. The SMILES string of the molecule is CCc1nc(CC(=O)N2C[C@@H](c3ccccc3)O[C@@H](C)C2)cs1. The van der Waals surface area contributed by atoms with Crippen molar-refractivity contribution >= 4 is 17.2 Å². The van der Waals surface area contributed by atoms with Crippen LogP contribution in [-0.2, 0) is 22.4 Å². The molecule has 1 saturated heterocycles. The van der Waals surface area contributed by atoms with Crippen LogP contribution in [0.15, 0.2) is 35.7 Å². The summed E-state index contributed by atoms with van der Waals surface area (Å²) in [7, 11) is 0. The Morgan fingerprint density at radius 3 is 2.83 bits per heavy atom. The van der Waals surface area contributed by atoms with Crippen LogP contribution in [0.3, 0.4) is 0 Å². The summed E-state index contributed by atoms with van der Waals surface area (Å²) >= 11 is 1.63. The zero-order valence-electron chi connectivity index (χ0n) is 13.6. The van der Waals surface area contributed by atoms with Gasteiger partial charge in [-0.15, -0.1) is 11.3 Å². The summed E-state index contributed by atoms with van der Waals surface area (Å²) in [6.45, 7) is 5.36. The Balaban J connectivity index is 1.67. The van der Waals surface area contributed by atoms with Crippen LogP contribution in [-0.4, -0.2) is 35.0 Å². The summed E-state index contributed by atoms with van der Waals surface area (Å²) in [5.74, 6) is 0.133. The van der Waals surface area contributed by atoms with Crippen LogP contribution in [0.4, 0.5) is 0 Å². The van der Waals surface area contributed by atoms with Gasteiger partial charge in [-0.2, -0.15) is 0 Å². The Kier molecular flexibility index (Phi) is 5.08. The minimum atomic E-state index is -0.0504. The summed E-state index contributed by atoms with van der Waals surface area (Å²) in [4.78, 5) is 19.0. The van der Waals surface area contributed by atoms with Crippen LogP contribution in [0.25, 0.3) is 0 Å². The highest BCUT2D eigenvalue weighted by molar-refractivity contribution is 7.09. The van der Waals surface area contributed by atoms with Crippen molar-refractivity contribution in [2.75, 3.05) is 13.1 Å². The number of ether oxygens (including phenoxy) is 1. The highest BCUT2D eigenvalue weighted by Crippen LogP contribution is 2.25. The highest BCUT2D eigenvalue weighted by atomic mass is 32.1. The number of aromatic nitrogens is 1. The molecule has 3 rings (SSSR count). The molecule has 1 fully saturated rings. The number of morpholine rings is 1. The molecule has 23 heavy (non-hydrogen) atoms. The van der Waals surface area contributed by atoms with Gasteiger partial charge in [-0.05, 0) is 18.9 Å². The molecule has 4 nitrogen and oxygen atoms in total. The molecular formula is C18H22N2O2S. The molecule has 5 heteroatoms. The topological polar surface area (TPSA) is 42.4 Å². The summed E-state index contributed by atoms with van der Waals surface area (Å²) in [5, 5.41) is 3.08. The predicted molar refractivity (Wildman–Crippen MR) is 91.5 cm³/mol. The lowest BCUT2D eigenvalue weighted by Gasteiger charge is -2.37. The number of carbonyl (C=O) groups is 1. The number of benzene rings is 1. The van der Waals surface area contributed by atoms with Crippen molar-refractivity contribution < 1.29 is 9.53 Å². The maximum Gasteiger partial charge on any atom is 0.228 e. The third kappa shape index (κ3) is 3.98. The van der Waals surface area contributed by atoms with E-state index in [1.807, 2.05) is 35.4 Å². The first kappa shape index (κ1) is 16.1. The normalized spacial score (nSPS) is 21.4. The lowest BCUT2D eigenvalue weighted by molar-refractivity contribution is -0.144. The fraction of sp³-hybridized carbons (Fsp3) is 0.444.